The van der Waals surface area contributed by atoms with Gasteiger partial charge in [0.25, 0.3) is 0 Å². The summed E-state index contributed by atoms with van der Waals surface area (Å²) in [6.07, 6.45) is 42.0. The van der Waals surface area contributed by atoms with Gasteiger partial charge in [0.2, 0.25) is 25.3 Å². The Balaban J connectivity index is 1.18. The fraction of sp³-hybridized carbons (Fsp3) is 0.333. The molecule has 60 heavy (non-hydrogen) atoms. The highest BCUT2D eigenvalue weighted by atomic mass is 15.1. The standard InChI is InChI=1S/C48H58N12/c1-53-25-29-57(33-53)21-5-9-37-41-13-15-43(49-41)38(10-6-22-58-30-26-54(2)34-58)45-17-19-47(51-45)40(12-8-24-60-32-28-56(4)36-60)48-20-18-46(52-48)39(44-16-14-42(37)50-44)11-7-23-59-31-27-55(3)35-59/h13-20,25-36,49-50H,5-12,21-24H2,1-4H3/q+4. The summed E-state index contributed by atoms with van der Waals surface area (Å²) in [5.41, 5.74) is 13.6. The van der Waals surface area contributed by atoms with Crippen LogP contribution >= 0.6 is 0 Å². The van der Waals surface area contributed by atoms with Gasteiger partial charge in [-0.1, -0.05) is 0 Å². The van der Waals surface area contributed by atoms with Crippen LogP contribution in [0.4, 0.5) is 0 Å². The second kappa shape index (κ2) is 17.3. The van der Waals surface area contributed by atoms with Gasteiger partial charge >= 0.3 is 0 Å². The number of rotatable bonds is 16. The summed E-state index contributed by atoms with van der Waals surface area (Å²) in [5.74, 6) is 0. The molecule has 0 fully saturated rings. The first kappa shape index (κ1) is 38.9. The highest BCUT2D eigenvalue weighted by molar-refractivity contribution is 5.83. The Labute approximate surface area is 351 Å². The van der Waals surface area contributed by atoms with E-state index in [1.54, 1.807) is 0 Å². The highest BCUT2D eigenvalue weighted by Gasteiger charge is 2.18. The van der Waals surface area contributed by atoms with E-state index in [0.29, 0.717) is 0 Å². The molecule has 0 saturated heterocycles. The molecule has 306 valence electrons. The fourth-order valence-electron chi connectivity index (χ4n) is 8.78. The van der Waals surface area contributed by atoms with Crippen molar-refractivity contribution in [3.05, 3.63) is 144 Å². The Hall–Kier alpha value is -6.56. The maximum atomic E-state index is 5.46. The summed E-state index contributed by atoms with van der Waals surface area (Å²) in [5, 5.41) is 0. The number of H-pyrrole nitrogens is 2. The van der Waals surface area contributed by atoms with Crippen molar-refractivity contribution in [2.75, 3.05) is 0 Å². The minimum Gasteiger partial charge on any atom is -0.355 e. The maximum absolute atomic E-state index is 5.46. The molecule has 0 aromatic carbocycles. The maximum Gasteiger partial charge on any atom is 0.243 e. The van der Waals surface area contributed by atoms with Crippen LogP contribution in [0.1, 0.15) is 70.7 Å². The molecular weight excluding hydrogens is 745 g/mol. The quantitative estimate of drug-likeness (QED) is 0.123. The normalized spacial score (nSPS) is 12.3. The zero-order valence-corrected chi connectivity index (χ0v) is 35.5. The SMILES string of the molecule is C[n+]1ccn(CCCc2c3nc(c(CCCn4cc[n+](C)c4)c4ccc([nH]4)c(CCCn4cc[n+](C)c4)c4ccc([nH]4)c(CCCn4cc[n+](C)c4)c4nc2C=C4)C=C3)c1. The van der Waals surface area contributed by atoms with Crippen LogP contribution in [0.25, 0.3) is 46.4 Å². The number of aromatic amines is 2. The monoisotopic (exact) mass is 802 g/mol. The van der Waals surface area contributed by atoms with E-state index in [9.17, 15) is 0 Å². The minimum absolute atomic E-state index is 0.869. The van der Waals surface area contributed by atoms with Crippen LogP contribution < -0.4 is 18.3 Å². The van der Waals surface area contributed by atoms with E-state index >= 15 is 0 Å². The molecule has 12 heteroatoms. The Morgan fingerprint density at radius 1 is 0.400 bits per heavy atom. The number of nitrogens with zero attached hydrogens (tertiary/aromatic N) is 10. The molecule has 9 rings (SSSR count). The van der Waals surface area contributed by atoms with Gasteiger partial charge in [-0.15, -0.1) is 0 Å². The fourth-order valence-corrected chi connectivity index (χ4v) is 8.78. The van der Waals surface area contributed by atoms with Crippen LogP contribution in [-0.4, -0.2) is 38.2 Å². The van der Waals surface area contributed by atoms with Crippen molar-refractivity contribution >= 4 is 46.4 Å². The lowest BCUT2D eigenvalue weighted by Gasteiger charge is -2.06. The summed E-state index contributed by atoms with van der Waals surface area (Å²) in [6.45, 7) is 3.73. The Morgan fingerprint density at radius 2 is 0.683 bits per heavy atom. The van der Waals surface area contributed by atoms with Crippen LogP contribution in [0.2, 0.25) is 0 Å². The molecule has 0 aliphatic carbocycles. The molecule has 0 unspecified atom stereocenters. The Bertz CT molecular complexity index is 2700. The van der Waals surface area contributed by atoms with Crippen molar-refractivity contribution in [2.45, 2.75) is 77.5 Å². The lowest BCUT2D eigenvalue weighted by atomic mass is 10.1. The average Bonchev–Trinajstić information content (AvgIpc) is 4.07. The molecule has 7 aromatic heterocycles. The minimum atomic E-state index is 0.869. The number of hydrogen-bond acceptors (Lipinski definition) is 2. The third-order valence-electron chi connectivity index (χ3n) is 11.9. The van der Waals surface area contributed by atoms with Crippen molar-refractivity contribution in [1.82, 2.24) is 38.2 Å². The van der Waals surface area contributed by atoms with E-state index in [-0.39, 0.29) is 0 Å². The summed E-state index contributed by atoms with van der Waals surface area (Å²) in [4.78, 5) is 18.8. The van der Waals surface area contributed by atoms with E-state index < -0.39 is 0 Å². The molecule has 12 nitrogen and oxygen atoms in total. The van der Waals surface area contributed by atoms with E-state index in [1.807, 2.05) is 0 Å². The largest absolute Gasteiger partial charge is 0.355 e. The summed E-state index contributed by atoms with van der Waals surface area (Å²) >= 11 is 0. The number of fused-ring (bicyclic) bond motifs is 8. The molecule has 2 N–H and O–H groups in total. The van der Waals surface area contributed by atoms with Crippen molar-refractivity contribution in [3.8, 4) is 0 Å². The Kier molecular flexibility index (Phi) is 11.3. The van der Waals surface area contributed by atoms with E-state index in [1.165, 1.54) is 22.3 Å². The lowest BCUT2D eigenvalue weighted by Crippen LogP contribution is -2.23. The van der Waals surface area contributed by atoms with Crippen LogP contribution in [0.15, 0.2) is 99.1 Å². The number of nitrogens with one attached hydrogen (secondary N) is 2. The number of aryl methyl sites for hydroxylation is 11. The molecule has 2 aliphatic heterocycles. The molecule has 0 spiro atoms. The van der Waals surface area contributed by atoms with Gasteiger partial charge in [0, 0.05) is 38.8 Å². The topological polar surface area (TPSA) is 92.6 Å². The third kappa shape index (κ3) is 8.87. The Morgan fingerprint density at radius 3 is 1.00 bits per heavy atom. The molecular formula is C48H58N12+4. The van der Waals surface area contributed by atoms with Gasteiger partial charge < -0.3 is 9.97 Å². The first-order chi connectivity index (χ1) is 29.3. The van der Waals surface area contributed by atoms with Gasteiger partial charge in [0.15, 0.2) is 0 Å². The van der Waals surface area contributed by atoms with Gasteiger partial charge in [0.1, 0.15) is 49.6 Å². The number of imidazole rings is 4. The summed E-state index contributed by atoms with van der Waals surface area (Å²) in [6, 6.07) is 9.10. The zero-order chi connectivity index (χ0) is 41.0. The highest BCUT2D eigenvalue weighted by Crippen LogP contribution is 2.29. The first-order valence-electron chi connectivity index (χ1n) is 21.5. The molecule has 0 atom stereocenters. The van der Waals surface area contributed by atoms with Crippen molar-refractivity contribution < 1.29 is 18.3 Å². The van der Waals surface area contributed by atoms with Crippen molar-refractivity contribution in [1.29, 1.82) is 0 Å². The van der Waals surface area contributed by atoms with Gasteiger partial charge in [-0.2, -0.15) is 0 Å². The lowest BCUT2D eigenvalue weighted by molar-refractivity contribution is -0.671. The third-order valence-corrected chi connectivity index (χ3v) is 11.9. The number of hydrogen-bond donors (Lipinski definition) is 2. The zero-order valence-electron chi connectivity index (χ0n) is 35.5. The van der Waals surface area contributed by atoms with Crippen molar-refractivity contribution in [3.63, 3.8) is 0 Å². The van der Waals surface area contributed by atoms with Gasteiger partial charge in [-0.25, -0.2) is 46.5 Å². The number of aromatic nitrogens is 12. The van der Waals surface area contributed by atoms with Gasteiger partial charge in [-0.05, 0) is 105 Å². The molecule has 9 heterocycles. The second-order valence-electron chi connectivity index (χ2n) is 16.6. The smallest absolute Gasteiger partial charge is 0.243 e. The van der Waals surface area contributed by atoms with Crippen LogP contribution in [0.5, 0.6) is 0 Å². The summed E-state index contributed by atoms with van der Waals surface area (Å²) in [7, 11) is 8.29. The molecule has 0 saturated carbocycles. The molecule has 0 radical (unpaired) electrons. The average molecular weight is 803 g/mol. The van der Waals surface area contributed by atoms with E-state index in [0.717, 1.165) is 122 Å². The van der Waals surface area contributed by atoms with E-state index in [4.69, 9.17) is 9.97 Å². The predicted octanol–water partition coefficient (Wildman–Crippen LogP) is 5.69. The molecule has 2 aliphatic rings. The van der Waals surface area contributed by atoms with Crippen LogP contribution in [-0.2, 0) is 80.1 Å². The van der Waals surface area contributed by atoms with Crippen LogP contribution in [0, 0.1) is 0 Å². The van der Waals surface area contributed by atoms with Gasteiger partial charge in [-0.3, -0.25) is 0 Å². The van der Waals surface area contributed by atoms with Gasteiger partial charge in [0.05, 0.1) is 77.1 Å². The molecule has 8 bridgehead atoms. The second-order valence-corrected chi connectivity index (χ2v) is 16.6. The predicted molar refractivity (Wildman–Crippen MR) is 235 cm³/mol. The summed E-state index contributed by atoms with van der Waals surface area (Å²) < 4.78 is 17.5. The molecule has 7 aromatic rings. The van der Waals surface area contributed by atoms with Crippen molar-refractivity contribution in [2.24, 2.45) is 28.2 Å². The van der Waals surface area contributed by atoms with Crippen LogP contribution in [0.3, 0.4) is 0 Å². The van der Waals surface area contributed by atoms with E-state index in [2.05, 4.69) is 198 Å². The molecule has 0 amide bonds. The first-order valence-corrected chi connectivity index (χ1v) is 21.5.